The van der Waals surface area contributed by atoms with Gasteiger partial charge in [0.15, 0.2) is 17.3 Å². The van der Waals surface area contributed by atoms with Gasteiger partial charge in [0.25, 0.3) is 0 Å². The Labute approximate surface area is 162 Å². The van der Waals surface area contributed by atoms with Crippen molar-refractivity contribution in [2.24, 2.45) is 0 Å². The van der Waals surface area contributed by atoms with E-state index in [0.717, 1.165) is 0 Å². The number of oxazole rings is 1. The van der Waals surface area contributed by atoms with Gasteiger partial charge in [-0.1, -0.05) is 6.07 Å². The molecule has 0 aliphatic rings. The third-order valence-electron chi connectivity index (χ3n) is 3.61. The third-order valence-corrected chi connectivity index (χ3v) is 3.61. The minimum Gasteiger partial charge on any atom is -0.488 e. The van der Waals surface area contributed by atoms with E-state index in [1.807, 2.05) is 6.07 Å². The van der Waals surface area contributed by atoms with Crippen molar-refractivity contribution in [3.05, 3.63) is 71.5 Å². The molecule has 0 amide bonds. The van der Waals surface area contributed by atoms with Crippen LogP contribution in [0.1, 0.15) is 5.89 Å². The van der Waals surface area contributed by atoms with Gasteiger partial charge in [-0.25, -0.2) is 14.7 Å². The molecule has 0 fully saturated rings. The molecule has 0 spiro atoms. The SMILES string of the molecule is [C-]#[N+]c1cc([N+]#[C-])cc(-n2ncnc2-c2[c-]cc3oc(C)nc3c2)c1.[Ir]. The molecule has 0 aliphatic carbocycles. The van der Waals surface area contributed by atoms with Gasteiger partial charge >= 0.3 is 0 Å². The standard InChI is InChI=1S/C18H9N6O.Ir/c1-11-23-16-6-12(4-5-17(16)25-11)18-21-10-22-24(18)15-8-13(19-2)7-14(9-15)20-3;/h5-10H,1H3;/q-1;. The first-order valence-corrected chi connectivity index (χ1v) is 7.27. The monoisotopic (exact) mass is 518 g/mol. The number of hydrogen-bond acceptors (Lipinski definition) is 4. The van der Waals surface area contributed by atoms with Gasteiger partial charge in [0.2, 0.25) is 0 Å². The number of aryl methyl sites for hydroxylation is 1. The minimum atomic E-state index is 0. The molecule has 0 unspecified atom stereocenters. The summed E-state index contributed by atoms with van der Waals surface area (Å²) in [7, 11) is 0. The van der Waals surface area contributed by atoms with Gasteiger partial charge in [-0.2, -0.15) is 5.10 Å². The van der Waals surface area contributed by atoms with E-state index >= 15 is 0 Å². The average Bonchev–Trinajstić information content (AvgIpc) is 3.25. The second-order valence-electron chi connectivity index (χ2n) is 5.26. The number of hydrogen-bond donors (Lipinski definition) is 0. The molecule has 8 heteroatoms. The van der Waals surface area contributed by atoms with Crippen molar-refractivity contribution in [1.29, 1.82) is 0 Å². The predicted octanol–water partition coefficient (Wildman–Crippen LogP) is 4.28. The summed E-state index contributed by atoms with van der Waals surface area (Å²) in [6.45, 7) is 16.2. The van der Waals surface area contributed by atoms with Crippen LogP contribution in [0.25, 0.3) is 37.9 Å². The van der Waals surface area contributed by atoms with E-state index in [4.69, 9.17) is 17.6 Å². The van der Waals surface area contributed by atoms with Gasteiger partial charge < -0.3 is 4.42 Å². The summed E-state index contributed by atoms with van der Waals surface area (Å²) in [5.41, 5.74) is 3.39. The molecule has 0 N–H and O–H groups in total. The number of benzene rings is 2. The summed E-state index contributed by atoms with van der Waals surface area (Å²) in [4.78, 5) is 15.4. The Hall–Kier alpha value is -3.32. The zero-order valence-corrected chi connectivity index (χ0v) is 15.8. The van der Waals surface area contributed by atoms with Crippen LogP contribution in [0, 0.1) is 26.1 Å². The second-order valence-corrected chi connectivity index (χ2v) is 5.26. The van der Waals surface area contributed by atoms with Gasteiger partial charge in [0.1, 0.15) is 6.33 Å². The topological polar surface area (TPSA) is 65.5 Å². The summed E-state index contributed by atoms with van der Waals surface area (Å²) in [6.07, 6.45) is 1.42. The number of nitrogens with zero attached hydrogens (tertiary/aromatic N) is 6. The molecule has 1 radical (unpaired) electrons. The Balaban J connectivity index is 0.00000196. The molecule has 2 heterocycles. The molecule has 2 aromatic carbocycles. The van der Waals surface area contributed by atoms with E-state index in [-0.39, 0.29) is 20.1 Å². The molecule has 127 valence electrons. The summed E-state index contributed by atoms with van der Waals surface area (Å²) in [6, 6.07) is 11.5. The smallest absolute Gasteiger partial charge is 0.180 e. The second kappa shape index (κ2) is 6.89. The van der Waals surface area contributed by atoms with E-state index in [1.165, 1.54) is 12.4 Å². The summed E-state index contributed by atoms with van der Waals surface area (Å²) in [5.74, 6) is 1.12. The van der Waals surface area contributed by atoms with Gasteiger partial charge in [0, 0.05) is 38.2 Å². The zero-order chi connectivity index (χ0) is 17.4. The van der Waals surface area contributed by atoms with Gasteiger partial charge in [-0.15, -0.1) is 23.8 Å². The Kier molecular flexibility index (Phi) is 4.64. The quantitative estimate of drug-likeness (QED) is 0.373. The predicted molar refractivity (Wildman–Crippen MR) is 90.5 cm³/mol. The van der Waals surface area contributed by atoms with Crippen molar-refractivity contribution in [3.63, 3.8) is 0 Å². The van der Waals surface area contributed by atoms with E-state index in [0.29, 0.717) is 45.4 Å². The molecule has 0 saturated carbocycles. The molecule has 0 atom stereocenters. The van der Waals surface area contributed by atoms with Crippen molar-refractivity contribution in [1.82, 2.24) is 19.7 Å². The first-order valence-electron chi connectivity index (χ1n) is 7.27. The molecule has 7 nitrogen and oxygen atoms in total. The van der Waals surface area contributed by atoms with E-state index < -0.39 is 0 Å². The molecule has 4 rings (SSSR count). The number of fused-ring (bicyclic) bond motifs is 1. The molecule has 0 aliphatic heterocycles. The van der Waals surface area contributed by atoms with E-state index in [1.54, 1.807) is 29.8 Å². The third kappa shape index (κ3) is 3.00. The van der Waals surface area contributed by atoms with E-state index in [9.17, 15) is 0 Å². The van der Waals surface area contributed by atoms with Crippen molar-refractivity contribution < 1.29 is 24.5 Å². The fourth-order valence-corrected chi connectivity index (χ4v) is 2.56. The van der Waals surface area contributed by atoms with Gasteiger partial charge in [0.05, 0.1) is 24.6 Å². The molecule has 0 bridgehead atoms. The molecule has 2 aromatic heterocycles. The molecular formula is C18H9IrN6O-. The van der Waals surface area contributed by atoms with Crippen LogP contribution in [-0.2, 0) is 20.1 Å². The Morgan fingerprint density at radius 1 is 1.12 bits per heavy atom. The van der Waals surface area contributed by atoms with E-state index in [2.05, 4.69) is 30.8 Å². The first-order chi connectivity index (χ1) is 12.2. The fourth-order valence-electron chi connectivity index (χ4n) is 2.56. The van der Waals surface area contributed by atoms with Crippen molar-refractivity contribution >= 4 is 22.5 Å². The normalized spacial score (nSPS) is 10.1. The van der Waals surface area contributed by atoms with Crippen LogP contribution in [0.4, 0.5) is 11.4 Å². The van der Waals surface area contributed by atoms with Gasteiger partial charge in [-0.05, 0) is 12.1 Å². The number of aromatic nitrogens is 4. The minimum absolute atomic E-state index is 0. The van der Waals surface area contributed by atoms with Crippen LogP contribution in [0.2, 0.25) is 0 Å². The molecule has 0 saturated heterocycles. The Morgan fingerprint density at radius 2 is 1.85 bits per heavy atom. The Morgan fingerprint density at radius 3 is 2.54 bits per heavy atom. The van der Waals surface area contributed by atoms with Crippen LogP contribution in [0.15, 0.2) is 41.1 Å². The summed E-state index contributed by atoms with van der Waals surface area (Å²) in [5, 5.41) is 4.23. The maximum atomic E-state index is 7.20. The Bertz CT molecular complexity index is 1160. The van der Waals surface area contributed by atoms with Crippen LogP contribution < -0.4 is 0 Å². The zero-order valence-electron chi connectivity index (χ0n) is 13.4. The van der Waals surface area contributed by atoms with Gasteiger partial charge in [-0.3, -0.25) is 9.67 Å². The summed E-state index contributed by atoms with van der Waals surface area (Å²) < 4.78 is 7.04. The maximum Gasteiger partial charge on any atom is 0.180 e. The number of rotatable bonds is 2. The summed E-state index contributed by atoms with van der Waals surface area (Å²) >= 11 is 0. The molecule has 4 aromatic rings. The largest absolute Gasteiger partial charge is 0.488 e. The van der Waals surface area contributed by atoms with Crippen molar-refractivity contribution in [3.8, 4) is 17.1 Å². The first kappa shape index (κ1) is 17.5. The maximum absolute atomic E-state index is 7.20. The van der Waals surface area contributed by atoms with Crippen molar-refractivity contribution in [2.45, 2.75) is 6.92 Å². The van der Waals surface area contributed by atoms with Crippen LogP contribution in [0.5, 0.6) is 0 Å². The fraction of sp³-hybridized carbons (Fsp3) is 0.0556. The average molecular weight is 518 g/mol. The molecule has 26 heavy (non-hydrogen) atoms. The van der Waals surface area contributed by atoms with Crippen LogP contribution in [-0.4, -0.2) is 19.7 Å². The molecular weight excluding hydrogens is 508 g/mol. The van der Waals surface area contributed by atoms with Crippen LogP contribution >= 0.6 is 0 Å². The van der Waals surface area contributed by atoms with Crippen molar-refractivity contribution in [2.75, 3.05) is 0 Å². The van der Waals surface area contributed by atoms with Crippen LogP contribution in [0.3, 0.4) is 0 Å².